The largest absolute Gasteiger partial charge is 0.382 e. The topological polar surface area (TPSA) is 41.3 Å². The molecule has 1 heterocycles. The Balaban J connectivity index is 2.46. The lowest BCUT2D eigenvalue weighted by Crippen LogP contribution is -2.34. The summed E-state index contributed by atoms with van der Waals surface area (Å²) >= 11 is 0. The van der Waals surface area contributed by atoms with Crippen molar-refractivity contribution in [2.24, 2.45) is 5.73 Å². The number of fused-ring (bicyclic) bond motifs is 1. The first kappa shape index (κ1) is 9.34. The number of nitrogens with two attached hydrogens (primary N) is 1. The van der Waals surface area contributed by atoms with Gasteiger partial charge in [-0.1, -0.05) is 12.1 Å². The van der Waals surface area contributed by atoms with Gasteiger partial charge in [0, 0.05) is 26.2 Å². The Kier molecular flexibility index (Phi) is 2.59. The van der Waals surface area contributed by atoms with E-state index in [1.807, 2.05) is 0 Å². The second kappa shape index (κ2) is 3.88. The van der Waals surface area contributed by atoms with Crippen LogP contribution in [0.25, 0.3) is 0 Å². The molecule has 0 saturated carbocycles. The Hall–Kier alpha value is -1.22. The summed E-state index contributed by atoms with van der Waals surface area (Å²) in [6.45, 7) is 5.94. The molecule has 1 aliphatic heterocycles. The minimum atomic E-state index is 0.612. The number of nitrogens with one attached hydrogen (secondary N) is 1. The van der Waals surface area contributed by atoms with E-state index in [2.05, 4.69) is 35.3 Å². The summed E-state index contributed by atoms with van der Waals surface area (Å²) < 4.78 is 0. The fourth-order valence-electron chi connectivity index (χ4n) is 2.03. The normalized spacial score (nSPS) is 14.9. The van der Waals surface area contributed by atoms with Crippen LogP contribution in [0.1, 0.15) is 12.5 Å². The molecule has 3 nitrogen and oxygen atoms in total. The molecule has 2 rings (SSSR count). The van der Waals surface area contributed by atoms with Gasteiger partial charge in [0.15, 0.2) is 0 Å². The minimum Gasteiger partial charge on any atom is -0.382 e. The Morgan fingerprint density at radius 1 is 1.50 bits per heavy atom. The Morgan fingerprint density at radius 3 is 3.07 bits per heavy atom. The van der Waals surface area contributed by atoms with E-state index in [1.54, 1.807) is 0 Å². The van der Waals surface area contributed by atoms with Crippen molar-refractivity contribution in [3.63, 3.8) is 0 Å². The van der Waals surface area contributed by atoms with Crippen molar-refractivity contribution in [3.8, 4) is 0 Å². The zero-order chi connectivity index (χ0) is 9.97. The number of rotatable bonds is 2. The van der Waals surface area contributed by atoms with Gasteiger partial charge in [0.2, 0.25) is 0 Å². The number of nitrogens with zero attached hydrogens (tertiary/aromatic N) is 1. The first-order chi connectivity index (χ1) is 6.86. The summed E-state index contributed by atoms with van der Waals surface area (Å²) in [6, 6.07) is 6.29. The number of para-hydroxylation sites is 1. The van der Waals surface area contributed by atoms with Crippen LogP contribution in [0.4, 0.5) is 11.4 Å². The predicted octanol–water partition coefficient (Wildman–Crippen LogP) is 1.40. The van der Waals surface area contributed by atoms with Crippen LogP contribution in [0.2, 0.25) is 0 Å². The summed E-state index contributed by atoms with van der Waals surface area (Å²) in [4.78, 5) is 2.38. The molecule has 3 heteroatoms. The van der Waals surface area contributed by atoms with Crippen molar-refractivity contribution >= 4 is 11.4 Å². The minimum absolute atomic E-state index is 0.612. The smallest absolute Gasteiger partial charge is 0.0648 e. The monoisotopic (exact) mass is 191 g/mol. The second-order valence-electron chi connectivity index (χ2n) is 3.52. The van der Waals surface area contributed by atoms with Crippen LogP contribution in [0.3, 0.4) is 0 Å². The van der Waals surface area contributed by atoms with Gasteiger partial charge in [-0.25, -0.2) is 0 Å². The average molecular weight is 191 g/mol. The highest BCUT2D eigenvalue weighted by atomic mass is 15.2. The summed E-state index contributed by atoms with van der Waals surface area (Å²) in [5.74, 6) is 0. The van der Waals surface area contributed by atoms with Crippen LogP contribution in [0.5, 0.6) is 0 Å². The zero-order valence-corrected chi connectivity index (χ0v) is 8.59. The first-order valence-electron chi connectivity index (χ1n) is 5.17. The van der Waals surface area contributed by atoms with Crippen LogP contribution in [-0.4, -0.2) is 19.6 Å². The molecule has 0 saturated heterocycles. The Labute approximate surface area is 84.9 Å². The van der Waals surface area contributed by atoms with Crippen LogP contribution in [-0.2, 0) is 6.54 Å². The van der Waals surface area contributed by atoms with Crippen LogP contribution in [0.15, 0.2) is 18.2 Å². The molecule has 76 valence electrons. The van der Waals surface area contributed by atoms with Gasteiger partial charge in [-0.05, 0) is 18.6 Å². The first-order valence-corrected chi connectivity index (χ1v) is 5.17. The van der Waals surface area contributed by atoms with Gasteiger partial charge in [0.1, 0.15) is 0 Å². The highest BCUT2D eigenvalue weighted by Gasteiger charge is 2.17. The molecular weight excluding hydrogens is 174 g/mol. The van der Waals surface area contributed by atoms with Crippen molar-refractivity contribution in [2.75, 3.05) is 29.9 Å². The lowest BCUT2D eigenvalue weighted by atomic mass is 10.1. The summed E-state index contributed by atoms with van der Waals surface area (Å²) in [5.41, 5.74) is 9.49. The molecule has 1 aliphatic rings. The molecule has 3 N–H and O–H groups in total. The molecule has 0 atom stereocenters. The standard InChI is InChI=1S/C11H17N3/c1-2-14-7-6-13-10-5-3-4-9(8-12)11(10)14/h3-5,13H,2,6-8,12H2,1H3. The van der Waals surface area contributed by atoms with E-state index in [0.717, 1.165) is 19.6 Å². The molecule has 0 spiro atoms. The average Bonchev–Trinajstić information content (AvgIpc) is 2.27. The van der Waals surface area contributed by atoms with E-state index in [4.69, 9.17) is 5.73 Å². The lowest BCUT2D eigenvalue weighted by molar-refractivity contribution is 0.805. The molecule has 0 bridgehead atoms. The van der Waals surface area contributed by atoms with Gasteiger partial charge in [-0.2, -0.15) is 0 Å². The number of hydrogen-bond donors (Lipinski definition) is 2. The molecule has 14 heavy (non-hydrogen) atoms. The fourth-order valence-corrected chi connectivity index (χ4v) is 2.03. The highest BCUT2D eigenvalue weighted by molar-refractivity contribution is 5.75. The SMILES string of the molecule is CCN1CCNc2cccc(CN)c21. The van der Waals surface area contributed by atoms with Crippen molar-refractivity contribution in [3.05, 3.63) is 23.8 Å². The van der Waals surface area contributed by atoms with Crippen molar-refractivity contribution in [1.29, 1.82) is 0 Å². The highest BCUT2D eigenvalue weighted by Crippen LogP contribution is 2.32. The molecular formula is C11H17N3. The molecule has 0 fully saturated rings. The van der Waals surface area contributed by atoms with Gasteiger partial charge in [0.25, 0.3) is 0 Å². The maximum absolute atomic E-state index is 5.74. The Morgan fingerprint density at radius 2 is 2.36 bits per heavy atom. The van der Waals surface area contributed by atoms with Crippen LogP contribution in [0, 0.1) is 0 Å². The number of hydrogen-bond acceptors (Lipinski definition) is 3. The Bertz CT molecular complexity index is 308. The molecule has 0 aromatic heterocycles. The van der Waals surface area contributed by atoms with Gasteiger partial charge < -0.3 is 16.0 Å². The molecule has 0 radical (unpaired) electrons. The van der Waals surface area contributed by atoms with E-state index in [9.17, 15) is 0 Å². The van der Waals surface area contributed by atoms with Gasteiger partial charge in [-0.15, -0.1) is 0 Å². The van der Waals surface area contributed by atoms with E-state index in [1.165, 1.54) is 16.9 Å². The molecule has 1 aromatic rings. The maximum atomic E-state index is 5.74. The van der Waals surface area contributed by atoms with E-state index < -0.39 is 0 Å². The van der Waals surface area contributed by atoms with Crippen LogP contribution < -0.4 is 16.0 Å². The molecule has 0 amide bonds. The van der Waals surface area contributed by atoms with Crippen LogP contribution >= 0.6 is 0 Å². The summed E-state index contributed by atoms with van der Waals surface area (Å²) in [7, 11) is 0. The van der Waals surface area contributed by atoms with Crippen molar-refractivity contribution in [1.82, 2.24) is 0 Å². The molecule has 0 aliphatic carbocycles. The molecule has 1 aromatic carbocycles. The van der Waals surface area contributed by atoms with E-state index in [0.29, 0.717) is 6.54 Å². The van der Waals surface area contributed by atoms with Gasteiger partial charge in [0.05, 0.1) is 11.4 Å². The quantitative estimate of drug-likeness (QED) is 0.742. The van der Waals surface area contributed by atoms with E-state index in [-0.39, 0.29) is 0 Å². The maximum Gasteiger partial charge on any atom is 0.0648 e. The van der Waals surface area contributed by atoms with E-state index >= 15 is 0 Å². The summed E-state index contributed by atoms with van der Waals surface area (Å²) in [5, 5.41) is 3.40. The fraction of sp³-hybridized carbons (Fsp3) is 0.455. The second-order valence-corrected chi connectivity index (χ2v) is 3.52. The third kappa shape index (κ3) is 1.44. The number of likely N-dealkylation sites (N-methyl/N-ethyl adjacent to an activating group) is 1. The third-order valence-electron chi connectivity index (χ3n) is 2.73. The number of anilines is 2. The van der Waals surface area contributed by atoms with Crippen molar-refractivity contribution < 1.29 is 0 Å². The van der Waals surface area contributed by atoms with Gasteiger partial charge >= 0.3 is 0 Å². The van der Waals surface area contributed by atoms with Crippen molar-refractivity contribution in [2.45, 2.75) is 13.5 Å². The number of benzene rings is 1. The molecule has 0 unspecified atom stereocenters. The van der Waals surface area contributed by atoms with Gasteiger partial charge in [-0.3, -0.25) is 0 Å². The predicted molar refractivity (Wildman–Crippen MR) is 60.7 cm³/mol. The lowest BCUT2D eigenvalue weighted by Gasteiger charge is -2.32. The third-order valence-corrected chi connectivity index (χ3v) is 2.73. The zero-order valence-electron chi connectivity index (χ0n) is 8.59. The summed E-state index contributed by atoms with van der Waals surface area (Å²) in [6.07, 6.45) is 0.